The minimum Gasteiger partial charge on any atom is -0.495 e. The van der Waals surface area contributed by atoms with E-state index in [1.165, 1.54) is 16.9 Å². The summed E-state index contributed by atoms with van der Waals surface area (Å²) in [6.07, 6.45) is -3.22. The molecule has 4 N–H and O–H groups in total. The quantitative estimate of drug-likeness (QED) is 0.494. The van der Waals surface area contributed by atoms with Crippen molar-refractivity contribution >= 4 is 39.0 Å². The molecular weight excluding hydrogens is 443 g/mol. The van der Waals surface area contributed by atoms with Crippen LogP contribution in [0.2, 0.25) is 5.02 Å². The van der Waals surface area contributed by atoms with Crippen molar-refractivity contribution in [1.82, 2.24) is 19.7 Å². The number of nitrogens with zero attached hydrogens (tertiary/aromatic N) is 4. The minimum absolute atomic E-state index is 0.0424. The zero-order chi connectivity index (χ0) is 22.1. The highest BCUT2D eigenvalue weighted by atomic mass is 35.5. The second-order valence-corrected chi connectivity index (χ2v) is 6.73. The van der Waals surface area contributed by atoms with E-state index in [1.807, 2.05) is 0 Å². The number of methoxy groups -OCH3 is 1. The maximum absolute atomic E-state index is 13.3. The van der Waals surface area contributed by atoms with Crippen molar-refractivity contribution in [1.29, 1.82) is 0 Å². The summed E-state index contributed by atoms with van der Waals surface area (Å²) >= 11 is 5.96. The van der Waals surface area contributed by atoms with Gasteiger partial charge in [-0.25, -0.2) is 9.67 Å². The van der Waals surface area contributed by atoms with Gasteiger partial charge in [0.05, 0.1) is 23.1 Å². The van der Waals surface area contributed by atoms with Crippen LogP contribution < -0.4 is 10.5 Å². The van der Waals surface area contributed by atoms with E-state index in [0.717, 1.165) is 13.2 Å². The molecule has 3 rings (SSSR count). The number of aromatic nitrogens is 4. The number of hydrogen-bond donors (Lipinski definition) is 3. The second-order valence-electron chi connectivity index (χ2n) is 5.42. The Kier molecular flexibility index (Phi) is 6.22. The van der Waals surface area contributed by atoms with Gasteiger partial charge in [0.1, 0.15) is 11.4 Å². The van der Waals surface area contributed by atoms with E-state index in [-0.39, 0.29) is 22.2 Å². The maximum atomic E-state index is 13.3. The van der Waals surface area contributed by atoms with Gasteiger partial charge in [-0.1, -0.05) is 11.6 Å². The van der Waals surface area contributed by atoms with Gasteiger partial charge in [0, 0.05) is 18.8 Å². The Morgan fingerprint density at radius 1 is 1.28 bits per heavy atom. The van der Waals surface area contributed by atoms with Crippen molar-refractivity contribution in [2.24, 2.45) is 7.05 Å². The van der Waals surface area contributed by atoms with Crippen LogP contribution in [0.3, 0.4) is 0 Å². The molecule has 0 fully saturated rings. The summed E-state index contributed by atoms with van der Waals surface area (Å²) in [5.41, 5.74) is 5.39. The molecule has 0 amide bonds. The van der Waals surface area contributed by atoms with Gasteiger partial charge in [-0.3, -0.25) is 9.11 Å². The normalized spacial score (nSPS) is 11.9. The van der Waals surface area contributed by atoms with Crippen LogP contribution in [0, 0.1) is 0 Å². The third kappa shape index (κ3) is 5.44. The maximum Gasteiger partial charge on any atom is 0.420 e. The number of halogens is 4. The summed E-state index contributed by atoms with van der Waals surface area (Å²) in [5, 5.41) is 4.50. The number of rotatable bonds is 2. The zero-order valence-corrected chi connectivity index (χ0v) is 16.2. The van der Waals surface area contributed by atoms with Gasteiger partial charge in [-0.05, 0) is 12.1 Å². The molecule has 10 nitrogen and oxygen atoms in total. The fourth-order valence-corrected chi connectivity index (χ4v) is 2.71. The molecule has 0 saturated carbocycles. The fraction of sp³-hybridized carbons (Fsp3) is 0.214. The van der Waals surface area contributed by atoms with E-state index < -0.39 is 27.9 Å². The molecule has 0 aliphatic rings. The van der Waals surface area contributed by atoms with Gasteiger partial charge in [-0.15, -0.1) is 0 Å². The molecule has 0 unspecified atom stereocenters. The predicted molar refractivity (Wildman–Crippen MR) is 96.9 cm³/mol. The molecule has 15 heteroatoms. The summed E-state index contributed by atoms with van der Waals surface area (Å²) < 4.78 is 77.6. The van der Waals surface area contributed by atoms with Crippen LogP contribution in [0.1, 0.15) is 5.56 Å². The Hall–Kier alpha value is -2.68. The molecule has 158 valence electrons. The first kappa shape index (κ1) is 22.6. The lowest BCUT2D eigenvalue weighted by Gasteiger charge is -2.14. The molecule has 3 aromatic rings. The minimum atomic E-state index is -4.67. The molecule has 0 saturated heterocycles. The van der Waals surface area contributed by atoms with Crippen molar-refractivity contribution in [2.45, 2.75) is 6.18 Å². The lowest BCUT2D eigenvalue weighted by molar-refractivity contribution is -0.138. The lowest BCUT2D eigenvalue weighted by Crippen LogP contribution is -2.08. The summed E-state index contributed by atoms with van der Waals surface area (Å²) in [4.78, 5) is 7.90. The average Bonchev–Trinajstić information content (AvgIpc) is 2.88. The Labute approximate surface area is 166 Å². The van der Waals surface area contributed by atoms with E-state index in [1.54, 1.807) is 7.05 Å². The van der Waals surface area contributed by atoms with Crippen molar-refractivity contribution in [3.05, 3.63) is 28.9 Å². The number of fused-ring (bicyclic) bond motifs is 1. The SMILES string of the molecule is COc1c(Cl)cc(-c2nn(C)c3nc(N)ncc23)cc1C(F)(F)F.O=S(=O)(O)O. The van der Waals surface area contributed by atoms with Crippen LogP contribution in [-0.2, 0) is 23.6 Å². The van der Waals surface area contributed by atoms with E-state index in [4.69, 9.17) is 39.6 Å². The van der Waals surface area contributed by atoms with Crippen LogP contribution in [-0.4, -0.2) is 44.4 Å². The summed E-state index contributed by atoms with van der Waals surface area (Å²) in [6, 6.07) is 2.29. The van der Waals surface area contributed by atoms with Gasteiger partial charge < -0.3 is 10.5 Å². The number of benzene rings is 1. The summed E-state index contributed by atoms with van der Waals surface area (Å²) in [6.45, 7) is 0. The molecular formula is C14H13ClF3N5O5S. The third-order valence-corrected chi connectivity index (χ3v) is 3.71. The molecule has 0 atom stereocenters. The number of hydrogen-bond acceptors (Lipinski definition) is 7. The highest BCUT2D eigenvalue weighted by Crippen LogP contribution is 2.43. The van der Waals surface area contributed by atoms with Crippen molar-refractivity contribution in [3.8, 4) is 17.0 Å². The first-order valence-electron chi connectivity index (χ1n) is 7.32. The zero-order valence-electron chi connectivity index (χ0n) is 14.6. The van der Waals surface area contributed by atoms with Gasteiger partial charge >= 0.3 is 16.6 Å². The van der Waals surface area contributed by atoms with Crippen LogP contribution in [0.15, 0.2) is 18.3 Å². The Morgan fingerprint density at radius 2 is 1.86 bits per heavy atom. The first-order valence-corrected chi connectivity index (χ1v) is 9.10. The third-order valence-electron chi connectivity index (χ3n) is 3.43. The Balaban J connectivity index is 0.000000537. The van der Waals surface area contributed by atoms with Crippen LogP contribution in [0.5, 0.6) is 5.75 Å². The Bertz CT molecular complexity index is 1160. The van der Waals surface area contributed by atoms with Crippen molar-refractivity contribution in [3.63, 3.8) is 0 Å². The molecule has 0 aliphatic carbocycles. The van der Waals surface area contributed by atoms with Crippen molar-refractivity contribution in [2.75, 3.05) is 12.8 Å². The first-order chi connectivity index (χ1) is 13.2. The van der Waals surface area contributed by atoms with Crippen molar-refractivity contribution < 1.29 is 35.4 Å². The number of aryl methyl sites for hydroxylation is 1. The molecule has 29 heavy (non-hydrogen) atoms. The highest BCUT2D eigenvalue weighted by molar-refractivity contribution is 7.79. The fourth-order valence-electron chi connectivity index (χ4n) is 2.41. The number of anilines is 1. The summed E-state index contributed by atoms with van der Waals surface area (Å²) in [7, 11) is -1.93. The van der Waals surface area contributed by atoms with Gasteiger partial charge in [0.15, 0.2) is 5.65 Å². The molecule has 0 aliphatic heterocycles. The van der Waals surface area contributed by atoms with Crippen LogP contribution in [0.25, 0.3) is 22.3 Å². The average molecular weight is 456 g/mol. The lowest BCUT2D eigenvalue weighted by atomic mass is 10.0. The highest BCUT2D eigenvalue weighted by Gasteiger charge is 2.36. The van der Waals surface area contributed by atoms with E-state index in [2.05, 4.69) is 15.1 Å². The summed E-state index contributed by atoms with van der Waals surface area (Å²) in [5.74, 6) is -0.394. The number of ether oxygens (including phenoxy) is 1. The topological polar surface area (TPSA) is 153 Å². The molecule has 1 aromatic carbocycles. The largest absolute Gasteiger partial charge is 0.495 e. The van der Waals surface area contributed by atoms with Gasteiger partial charge in [0.2, 0.25) is 5.95 Å². The molecule has 0 bridgehead atoms. The molecule has 0 spiro atoms. The van der Waals surface area contributed by atoms with E-state index >= 15 is 0 Å². The van der Waals surface area contributed by atoms with Crippen LogP contribution in [0.4, 0.5) is 19.1 Å². The van der Waals surface area contributed by atoms with E-state index in [9.17, 15) is 13.2 Å². The molecule has 0 radical (unpaired) electrons. The molecule has 2 aromatic heterocycles. The Morgan fingerprint density at radius 3 is 2.38 bits per heavy atom. The van der Waals surface area contributed by atoms with Gasteiger partial charge in [-0.2, -0.15) is 31.7 Å². The van der Waals surface area contributed by atoms with E-state index in [0.29, 0.717) is 11.0 Å². The number of alkyl halides is 3. The standard InChI is InChI=1S/C14H11ClF3N5O.H2O4S/c1-23-12-7(5-20-13(19)21-12)10(22-23)6-3-8(14(16,17)18)11(24-2)9(15)4-6;1-5(2,3)4/h3-5H,1-2H3,(H2,19,20,21);(H2,1,2,3,4). The van der Waals surface area contributed by atoms with Crippen LogP contribution >= 0.6 is 11.6 Å². The molecule has 2 heterocycles. The monoisotopic (exact) mass is 455 g/mol. The smallest absolute Gasteiger partial charge is 0.420 e. The predicted octanol–water partition coefficient (Wildman–Crippen LogP) is 2.64. The van der Waals surface area contributed by atoms with Gasteiger partial charge in [0.25, 0.3) is 0 Å². The number of nitrogen functional groups attached to an aromatic ring is 1. The second kappa shape index (κ2) is 7.98. The number of nitrogens with two attached hydrogens (primary N) is 1.